The maximum absolute atomic E-state index is 12.2. The first-order valence-corrected chi connectivity index (χ1v) is 7.53. The largest absolute Gasteiger partial charge is 0.494 e. The first kappa shape index (κ1) is 17.8. The summed E-state index contributed by atoms with van der Waals surface area (Å²) in [6.45, 7) is 2.43. The molecule has 0 saturated carbocycles. The minimum atomic E-state index is -1.04. The van der Waals surface area contributed by atoms with Gasteiger partial charge in [0.15, 0.2) is 0 Å². The topological polar surface area (TPSA) is 99.4 Å². The number of carboxylic acid groups (broad SMARTS) is 1. The van der Waals surface area contributed by atoms with Crippen LogP contribution < -0.4 is 10.1 Å². The number of nitrogens with one attached hydrogen (secondary N) is 1. The van der Waals surface area contributed by atoms with Crippen LogP contribution in [0.5, 0.6) is 5.75 Å². The lowest BCUT2D eigenvalue weighted by Gasteiger charge is -2.06. The van der Waals surface area contributed by atoms with E-state index in [0.29, 0.717) is 23.6 Å². The van der Waals surface area contributed by atoms with Gasteiger partial charge in [0.2, 0.25) is 0 Å². The molecule has 6 heteroatoms. The Morgan fingerprint density at radius 2 is 1.80 bits per heavy atom. The summed E-state index contributed by atoms with van der Waals surface area (Å²) in [5.41, 5.74) is 1.14. The summed E-state index contributed by atoms with van der Waals surface area (Å²) in [4.78, 5) is 23.0. The summed E-state index contributed by atoms with van der Waals surface area (Å²) < 4.78 is 5.32. The molecule has 126 valence electrons. The van der Waals surface area contributed by atoms with Crippen LogP contribution in [0.4, 0.5) is 5.69 Å². The van der Waals surface area contributed by atoms with Gasteiger partial charge in [0.25, 0.3) is 5.91 Å². The Hall–Kier alpha value is -3.59. The standard InChI is InChI=1S/C19H16N2O4/c1-2-25-17-9-7-16(8-10-17)21-18(22)15(12-20)11-13-3-5-14(6-4-13)19(23)24/h3-11H,2H2,1H3,(H,21,22)(H,23,24). The SMILES string of the molecule is CCOc1ccc(NC(=O)C(C#N)=Cc2ccc(C(=O)O)cc2)cc1. The van der Waals surface area contributed by atoms with E-state index >= 15 is 0 Å². The third-order valence-electron chi connectivity index (χ3n) is 3.26. The van der Waals surface area contributed by atoms with Crippen LogP contribution in [0.3, 0.4) is 0 Å². The van der Waals surface area contributed by atoms with Crippen molar-refractivity contribution in [2.75, 3.05) is 11.9 Å². The zero-order valence-corrected chi connectivity index (χ0v) is 13.5. The van der Waals surface area contributed by atoms with Crippen molar-refractivity contribution in [1.82, 2.24) is 0 Å². The van der Waals surface area contributed by atoms with Crippen molar-refractivity contribution in [1.29, 1.82) is 5.26 Å². The molecule has 0 unspecified atom stereocenters. The van der Waals surface area contributed by atoms with Crippen molar-refractivity contribution in [2.24, 2.45) is 0 Å². The minimum Gasteiger partial charge on any atom is -0.494 e. The lowest BCUT2D eigenvalue weighted by Crippen LogP contribution is -2.13. The number of carbonyl (C=O) groups is 2. The Labute approximate surface area is 145 Å². The van der Waals surface area contributed by atoms with E-state index in [0.717, 1.165) is 0 Å². The van der Waals surface area contributed by atoms with E-state index in [1.54, 1.807) is 24.3 Å². The number of anilines is 1. The molecule has 0 heterocycles. The Morgan fingerprint density at radius 3 is 2.32 bits per heavy atom. The minimum absolute atomic E-state index is 0.0861. The van der Waals surface area contributed by atoms with Crippen LogP contribution in [0.25, 0.3) is 6.08 Å². The second-order valence-electron chi connectivity index (χ2n) is 5.01. The second kappa shape index (κ2) is 8.31. The van der Waals surface area contributed by atoms with Gasteiger partial charge in [0, 0.05) is 5.69 Å². The van der Waals surface area contributed by atoms with E-state index < -0.39 is 11.9 Å². The third kappa shape index (κ3) is 4.94. The molecule has 0 bridgehead atoms. The highest BCUT2D eigenvalue weighted by molar-refractivity contribution is 6.09. The molecule has 0 saturated heterocycles. The van der Waals surface area contributed by atoms with Gasteiger partial charge in [-0.15, -0.1) is 0 Å². The molecule has 2 aromatic rings. The van der Waals surface area contributed by atoms with Crippen molar-refractivity contribution in [3.63, 3.8) is 0 Å². The van der Waals surface area contributed by atoms with Gasteiger partial charge >= 0.3 is 5.97 Å². The van der Waals surface area contributed by atoms with Crippen LogP contribution in [0.2, 0.25) is 0 Å². The highest BCUT2D eigenvalue weighted by atomic mass is 16.5. The number of hydrogen-bond donors (Lipinski definition) is 2. The molecule has 2 rings (SSSR count). The zero-order valence-electron chi connectivity index (χ0n) is 13.5. The van der Waals surface area contributed by atoms with E-state index in [1.807, 2.05) is 13.0 Å². The number of ether oxygens (including phenoxy) is 1. The Kier molecular flexibility index (Phi) is 5.91. The smallest absolute Gasteiger partial charge is 0.335 e. The van der Waals surface area contributed by atoms with E-state index in [4.69, 9.17) is 9.84 Å². The normalized spacial score (nSPS) is 10.6. The molecule has 0 atom stereocenters. The Bertz CT molecular complexity index is 831. The number of amides is 1. The van der Waals surface area contributed by atoms with Gasteiger partial charge in [0.05, 0.1) is 12.2 Å². The van der Waals surface area contributed by atoms with E-state index in [2.05, 4.69) is 5.32 Å². The van der Waals surface area contributed by atoms with Gasteiger partial charge in [-0.05, 0) is 55.0 Å². The van der Waals surface area contributed by atoms with Crippen molar-refractivity contribution in [2.45, 2.75) is 6.92 Å². The fourth-order valence-corrected chi connectivity index (χ4v) is 2.04. The maximum Gasteiger partial charge on any atom is 0.335 e. The molecular formula is C19H16N2O4. The van der Waals surface area contributed by atoms with E-state index in [9.17, 15) is 14.9 Å². The van der Waals surface area contributed by atoms with Gasteiger partial charge in [0.1, 0.15) is 17.4 Å². The molecule has 2 aromatic carbocycles. The number of nitrogens with zero attached hydrogens (tertiary/aromatic N) is 1. The lowest BCUT2D eigenvalue weighted by atomic mass is 10.1. The first-order valence-electron chi connectivity index (χ1n) is 7.53. The van der Waals surface area contributed by atoms with Gasteiger partial charge in [-0.1, -0.05) is 12.1 Å². The summed E-state index contributed by atoms with van der Waals surface area (Å²) >= 11 is 0. The van der Waals surface area contributed by atoms with Crippen LogP contribution in [0, 0.1) is 11.3 Å². The summed E-state index contributed by atoms with van der Waals surface area (Å²) in [7, 11) is 0. The summed E-state index contributed by atoms with van der Waals surface area (Å²) in [6.07, 6.45) is 1.40. The molecule has 2 N–H and O–H groups in total. The molecule has 25 heavy (non-hydrogen) atoms. The number of nitriles is 1. The highest BCUT2D eigenvalue weighted by Gasteiger charge is 2.10. The average Bonchev–Trinajstić information content (AvgIpc) is 2.62. The van der Waals surface area contributed by atoms with Gasteiger partial charge in [-0.3, -0.25) is 4.79 Å². The second-order valence-corrected chi connectivity index (χ2v) is 5.01. The molecule has 0 aliphatic rings. The van der Waals surface area contributed by atoms with Crippen molar-refractivity contribution < 1.29 is 19.4 Å². The van der Waals surface area contributed by atoms with Crippen LogP contribution in [0.1, 0.15) is 22.8 Å². The molecule has 6 nitrogen and oxygen atoms in total. The summed E-state index contributed by atoms with van der Waals surface area (Å²) in [5, 5.41) is 20.7. The van der Waals surface area contributed by atoms with Crippen molar-refractivity contribution in [3.8, 4) is 11.8 Å². The van der Waals surface area contributed by atoms with Crippen LogP contribution >= 0.6 is 0 Å². The average molecular weight is 336 g/mol. The number of benzene rings is 2. The number of carboxylic acids is 1. The number of rotatable bonds is 6. The fraction of sp³-hybridized carbons (Fsp3) is 0.105. The Balaban J connectivity index is 2.12. The number of carbonyl (C=O) groups excluding carboxylic acids is 1. The predicted octanol–water partition coefficient (Wildman–Crippen LogP) is 3.33. The molecule has 0 aliphatic carbocycles. The van der Waals surface area contributed by atoms with Gasteiger partial charge in [-0.2, -0.15) is 5.26 Å². The Morgan fingerprint density at radius 1 is 1.16 bits per heavy atom. The number of aromatic carboxylic acids is 1. The lowest BCUT2D eigenvalue weighted by molar-refractivity contribution is -0.112. The molecule has 0 spiro atoms. The predicted molar refractivity (Wildman–Crippen MR) is 93.2 cm³/mol. The summed E-state index contributed by atoms with van der Waals surface area (Å²) in [6, 6.07) is 14.5. The molecule has 0 radical (unpaired) electrons. The third-order valence-corrected chi connectivity index (χ3v) is 3.26. The zero-order chi connectivity index (χ0) is 18.2. The first-order chi connectivity index (χ1) is 12.0. The van der Waals surface area contributed by atoms with Crippen molar-refractivity contribution >= 4 is 23.6 Å². The van der Waals surface area contributed by atoms with Crippen molar-refractivity contribution in [3.05, 3.63) is 65.2 Å². The monoisotopic (exact) mass is 336 g/mol. The van der Waals surface area contributed by atoms with E-state index in [-0.39, 0.29) is 11.1 Å². The van der Waals surface area contributed by atoms with Gasteiger partial charge < -0.3 is 15.2 Å². The van der Waals surface area contributed by atoms with Crippen LogP contribution in [-0.4, -0.2) is 23.6 Å². The highest BCUT2D eigenvalue weighted by Crippen LogP contribution is 2.17. The molecule has 0 aromatic heterocycles. The molecular weight excluding hydrogens is 320 g/mol. The molecule has 0 fully saturated rings. The number of hydrogen-bond acceptors (Lipinski definition) is 4. The molecule has 1 amide bonds. The summed E-state index contributed by atoms with van der Waals surface area (Å²) in [5.74, 6) is -0.895. The van der Waals surface area contributed by atoms with Crippen LogP contribution in [0.15, 0.2) is 54.1 Å². The maximum atomic E-state index is 12.2. The fourth-order valence-electron chi connectivity index (χ4n) is 2.04. The van der Waals surface area contributed by atoms with Crippen LogP contribution in [-0.2, 0) is 4.79 Å². The van der Waals surface area contributed by atoms with E-state index in [1.165, 1.54) is 30.3 Å². The van der Waals surface area contributed by atoms with Gasteiger partial charge in [-0.25, -0.2) is 4.79 Å². The molecule has 0 aliphatic heterocycles. The quantitative estimate of drug-likeness (QED) is 0.622.